The Morgan fingerprint density at radius 2 is 1.64 bits per heavy atom. The number of hydrogen-bond acceptors (Lipinski definition) is 3. The lowest BCUT2D eigenvalue weighted by Gasteiger charge is -2.17. The summed E-state index contributed by atoms with van der Waals surface area (Å²) in [6, 6.07) is 14.4. The number of amides is 2. The molecule has 0 saturated carbocycles. The van der Waals surface area contributed by atoms with E-state index in [0.29, 0.717) is 30.0 Å². The molecule has 0 aromatic heterocycles. The molecule has 0 heterocycles. The summed E-state index contributed by atoms with van der Waals surface area (Å²) in [5.74, 6) is 0.322. The first-order valence-corrected chi connectivity index (χ1v) is 8.46. The van der Waals surface area contributed by atoms with Crippen molar-refractivity contribution in [3.63, 3.8) is 0 Å². The first-order chi connectivity index (χ1) is 12.0. The van der Waals surface area contributed by atoms with Crippen LogP contribution in [0.1, 0.15) is 36.2 Å². The van der Waals surface area contributed by atoms with Crippen LogP contribution in [0.5, 0.6) is 5.75 Å². The molecule has 132 valence electrons. The van der Waals surface area contributed by atoms with E-state index in [0.717, 1.165) is 5.56 Å². The molecule has 5 nitrogen and oxygen atoms in total. The number of rotatable bonds is 7. The molecule has 0 fully saturated rings. The molecule has 2 amide bonds. The fourth-order valence-electron chi connectivity index (χ4n) is 2.29. The molecular formula is C20H24N2O3. The Hall–Kier alpha value is -2.82. The smallest absolute Gasteiger partial charge is 0.265 e. The fraction of sp³-hybridized carbons (Fsp3) is 0.300. The monoisotopic (exact) mass is 340 g/mol. The summed E-state index contributed by atoms with van der Waals surface area (Å²) in [4.78, 5) is 24.2. The number of nitrogens with one attached hydrogen (secondary N) is 2. The van der Waals surface area contributed by atoms with Gasteiger partial charge in [0.15, 0.2) is 6.10 Å². The van der Waals surface area contributed by atoms with E-state index in [9.17, 15) is 9.59 Å². The van der Waals surface area contributed by atoms with Crippen LogP contribution in [0.15, 0.2) is 48.5 Å². The molecule has 2 aromatic carbocycles. The van der Waals surface area contributed by atoms with Crippen molar-refractivity contribution in [3.8, 4) is 5.75 Å². The maximum atomic E-state index is 12.4. The van der Waals surface area contributed by atoms with E-state index in [4.69, 9.17) is 4.74 Å². The largest absolute Gasteiger partial charge is 0.481 e. The van der Waals surface area contributed by atoms with Gasteiger partial charge in [-0.3, -0.25) is 9.59 Å². The molecule has 2 N–H and O–H groups in total. The van der Waals surface area contributed by atoms with Crippen molar-refractivity contribution in [3.05, 3.63) is 59.7 Å². The lowest BCUT2D eigenvalue weighted by molar-refractivity contribution is -0.122. The molecule has 0 bridgehead atoms. The SMILES string of the molecule is CCNC(=O)c1ccc(NC(=O)C(CC)Oc2ccc(C)cc2)cc1. The molecule has 5 heteroatoms. The standard InChI is InChI=1S/C20H24N2O3/c1-4-18(25-17-12-6-14(3)7-13-17)20(24)22-16-10-8-15(9-11-16)19(23)21-5-2/h6-13,18H,4-5H2,1-3H3,(H,21,23)(H,22,24). The summed E-state index contributed by atoms with van der Waals surface area (Å²) in [6.45, 7) is 6.34. The van der Waals surface area contributed by atoms with E-state index in [-0.39, 0.29) is 11.8 Å². The topological polar surface area (TPSA) is 67.4 Å². The molecule has 0 spiro atoms. The fourth-order valence-corrected chi connectivity index (χ4v) is 2.29. The second kappa shape index (κ2) is 8.87. The van der Waals surface area contributed by atoms with Gasteiger partial charge in [0, 0.05) is 17.8 Å². The average molecular weight is 340 g/mol. The Balaban J connectivity index is 1.99. The van der Waals surface area contributed by atoms with Gasteiger partial charge in [-0.25, -0.2) is 0 Å². The molecule has 0 aliphatic heterocycles. The first-order valence-electron chi connectivity index (χ1n) is 8.46. The van der Waals surface area contributed by atoms with Crippen LogP contribution >= 0.6 is 0 Å². The third-order valence-corrected chi connectivity index (χ3v) is 3.71. The summed E-state index contributed by atoms with van der Waals surface area (Å²) in [6.07, 6.45) is -0.0257. The maximum absolute atomic E-state index is 12.4. The third-order valence-electron chi connectivity index (χ3n) is 3.71. The highest BCUT2D eigenvalue weighted by atomic mass is 16.5. The summed E-state index contributed by atoms with van der Waals surface area (Å²) >= 11 is 0. The van der Waals surface area contributed by atoms with Crippen LogP contribution in [-0.4, -0.2) is 24.5 Å². The number of aryl methyl sites for hydroxylation is 1. The van der Waals surface area contributed by atoms with Crippen molar-refractivity contribution in [2.24, 2.45) is 0 Å². The van der Waals surface area contributed by atoms with E-state index in [2.05, 4.69) is 10.6 Å². The third kappa shape index (κ3) is 5.35. The van der Waals surface area contributed by atoms with E-state index in [1.165, 1.54) is 0 Å². The van der Waals surface area contributed by atoms with Crippen molar-refractivity contribution < 1.29 is 14.3 Å². The molecule has 0 saturated heterocycles. The molecule has 0 aliphatic rings. The lowest BCUT2D eigenvalue weighted by Crippen LogP contribution is -2.32. The van der Waals surface area contributed by atoms with Gasteiger partial charge in [-0.05, 0) is 56.7 Å². The molecule has 1 atom stereocenters. The minimum absolute atomic E-state index is 0.130. The van der Waals surface area contributed by atoms with Crippen LogP contribution in [0.3, 0.4) is 0 Å². The number of hydrogen-bond donors (Lipinski definition) is 2. The molecule has 1 unspecified atom stereocenters. The van der Waals surface area contributed by atoms with Crippen molar-refractivity contribution in [2.45, 2.75) is 33.3 Å². The van der Waals surface area contributed by atoms with Crippen molar-refractivity contribution in [2.75, 3.05) is 11.9 Å². The summed E-state index contributed by atoms with van der Waals surface area (Å²) < 4.78 is 5.77. The van der Waals surface area contributed by atoms with Crippen molar-refractivity contribution in [1.82, 2.24) is 5.32 Å². The average Bonchev–Trinajstić information content (AvgIpc) is 2.62. The van der Waals surface area contributed by atoms with Crippen LogP contribution in [0.25, 0.3) is 0 Å². The Morgan fingerprint density at radius 1 is 1.00 bits per heavy atom. The van der Waals surface area contributed by atoms with Gasteiger partial charge in [0.1, 0.15) is 5.75 Å². The normalized spacial score (nSPS) is 11.5. The molecule has 2 aromatic rings. The second-order valence-corrected chi connectivity index (χ2v) is 5.75. The van der Waals surface area contributed by atoms with E-state index in [1.807, 2.05) is 45.0 Å². The highest BCUT2D eigenvalue weighted by Gasteiger charge is 2.18. The predicted molar refractivity (Wildman–Crippen MR) is 99.0 cm³/mol. The molecule has 2 rings (SSSR count). The van der Waals surface area contributed by atoms with Crippen LogP contribution in [0.2, 0.25) is 0 Å². The highest BCUT2D eigenvalue weighted by Crippen LogP contribution is 2.16. The maximum Gasteiger partial charge on any atom is 0.265 e. The number of benzene rings is 2. The summed E-state index contributed by atoms with van der Waals surface area (Å²) in [7, 11) is 0. The predicted octanol–water partition coefficient (Wildman–Crippen LogP) is 3.54. The van der Waals surface area contributed by atoms with E-state index >= 15 is 0 Å². The first kappa shape index (κ1) is 18.5. The van der Waals surface area contributed by atoms with Gasteiger partial charge < -0.3 is 15.4 Å². The lowest BCUT2D eigenvalue weighted by atomic mass is 10.2. The zero-order valence-electron chi connectivity index (χ0n) is 14.8. The van der Waals surface area contributed by atoms with Gasteiger partial charge in [0.05, 0.1) is 0 Å². The van der Waals surface area contributed by atoms with Crippen molar-refractivity contribution in [1.29, 1.82) is 0 Å². The molecule has 0 aliphatic carbocycles. The zero-order chi connectivity index (χ0) is 18.2. The minimum Gasteiger partial charge on any atom is -0.481 e. The number of ether oxygens (including phenoxy) is 1. The van der Waals surface area contributed by atoms with E-state index in [1.54, 1.807) is 24.3 Å². The second-order valence-electron chi connectivity index (χ2n) is 5.75. The summed E-state index contributed by atoms with van der Waals surface area (Å²) in [5.41, 5.74) is 2.32. The highest BCUT2D eigenvalue weighted by molar-refractivity contribution is 5.96. The summed E-state index contributed by atoms with van der Waals surface area (Å²) in [5, 5.41) is 5.56. The van der Waals surface area contributed by atoms with Gasteiger partial charge in [0.2, 0.25) is 0 Å². The van der Waals surface area contributed by atoms with Gasteiger partial charge in [-0.1, -0.05) is 24.6 Å². The van der Waals surface area contributed by atoms with Gasteiger partial charge in [-0.15, -0.1) is 0 Å². The molecule has 25 heavy (non-hydrogen) atoms. The number of carbonyl (C=O) groups is 2. The van der Waals surface area contributed by atoms with Crippen molar-refractivity contribution >= 4 is 17.5 Å². The van der Waals surface area contributed by atoms with Gasteiger partial charge in [0.25, 0.3) is 11.8 Å². The Bertz CT molecular complexity index is 709. The number of carbonyl (C=O) groups excluding carboxylic acids is 2. The van der Waals surface area contributed by atoms with Crippen LogP contribution in [-0.2, 0) is 4.79 Å². The Labute approximate surface area is 148 Å². The van der Waals surface area contributed by atoms with Gasteiger partial charge in [-0.2, -0.15) is 0 Å². The van der Waals surface area contributed by atoms with Gasteiger partial charge >= 0.3 is 0 Å². The Kier molecular flexibility index (Phi) is 6.57. The van der Waals surface area contributed by atoms with Crippen LogP contribution in [0, 0.1) is 6.92 Å². The quantitative estimate of drug-likeness (QED) is 0.810. The minimum atomic E-state index is -0.578. The van der Waals surface area contributed by atoms with Crippen LogP contribution in [0.4, 0.5) is 5.69 Å². The molecular weight excluding hydrogens is 316 g/mol. The molecule has 0 radical (unpaired) electrons. The van der Waals surface area contributed by atoms with Crippen LogP contribution < -0.4 is 15.4 Å². The van der Waals surface area contributed by atoms with E-state index < -0.39 is 6.10 Å². The zero-order valence-corrected chi connectivity index (χ0v) is 14.8. The number of anilines is 1. The Morgan fingerprint density at radius 3 is 2.20 bits per heavy atom.